The van der Waals surface area contributed by atoms with Gasteiger partial charge in [0.1, 0.15) is 5.76 Å². The number of hydrogen-bond donors (Lipinski definition) is 1. The molecule has 2 rings (SSSR count). The first kappa shape index (κ1) is 11.2. The Morgan fingerprint density at radius 1 is 1.38 bits per heavy atom. The highest BCUT2D eigenvalue weighted by atomic mass is 32.2. The largest absolute Gasteiger partial charge is 0.468 e. The zero-order chi connectivity index (χ0) is 11.5. The van der Waals surface area contributed by atoms with Crippen LogP contribution in [0.2, 0.25) is 0 Å². The molecule has 0 amide bonds. The lowest BCUT2D eigenvalue weighted by molar-refractivity contribution is 0.194. The molecule has 0 radical (unpaired) electrons. The Bertz CT molecular complexity index is 462. The highest BCUT2D eigenvalue weighted by Crippen LogP contribution is 2.30. The lowest BCUT2D eigenvalue weighted by Crippen LogP contribution is -1.94. The van der Waals surface area contributed by atoms with E-state index in [1.165, 1.54) is 0 Å². The molecule has 0 unspecified atom stereocenters. The van der Waals surface area contributed by atoms with Gasteiger partial charge in [0.15, 0.2) is 0 Å². The van der Waals surface area contributed by atoms with E-state index in [0.717, 1.165) is 15.6 Å². The van der Waals surface area contributed by atoms with Crippen molar-refractivity contribution in [1.82, 2.24) is 4.98 Å². The summed E-state index contributed by atoms with van der Waals surface area (Å²) >= 11 is 1.60. The monoisotopic (exact) mass is 235 g/mol. The predicted octanol–water partition coefficient (Wildman–Crippen LogP) is 3.19. The van der Waals surface area contributed by atoms with Gasteiger partial charge in [0.25, 0.3) is 0 Å². The second kappa shape index (κ2) is 4.72. The summed E-state index contributed by atoms with van der Waals surface area (Å²) in [5.74, 6) is 0.907. The van der Waals surface area contributed by atoms with Crippen LogP contribution in [-0.4, -0.2) is 10.1 Å². The Hall–Kier alpha value is -1.26. The minimum atomic E-state index is -0.519. The molecule has 2 aromatic rings. The standard InChI is InChI=1S/C12H13NO2S/c1-8(14)11-4-3-10(7-13-11)16-12-5-6-15-9(12)2/h3-8,14H,1-2H3/t8-/m1/s1. The minimum Gasteiger partial charge on any atom is -0.468 e. The number of aliphatic hydroxyl groups is 1. The van der Waals surface area contributed by atoms with Crippen LogP contribution < -0.4 is 0 Å². The van der Waals surface area contributed by atoms with Crippen molar-refractivity contribution in [3.05, 3.63) is 42.1 Å². The van der Waals surface area contributed by atoms with Gasteiger partial charge in [0.2, 0.25) is 0 Å². The minimum absolute atomic E-state index is 0.519. The fourth-order valence-corrected chi connectivity index (χ4v) is 2.12. The van der Waals surface area contributed by atoms with Crippen molar-refractivity contribution in [2.75, 3.05) is 0 Å². The van der Waals surface area contributed by atoms with E-state index < -0.39 is 6.10 Å². The highest BCUT2D eigenvalue weighted by molar-refractivity contribution is 7.99. The number of aromatic nitrogens is 1. The van der Waals surface area contributed by atoms with Crippen LogP contribution in [0, 0.1) is 6.92 Å². The zero-order valence-electron chi connectivity index (χ0n) is 9.18. The molecule has 0 aliphatic heterocycles. The molecule has 0 saturated heterocycles. The summed E-state index contributed by atoms with van der Waals surface area (Å²) in [6.45, 7) is 3.63. The van der Waals surface area contributed by atoms with Gasteiger partial charge in [-0.1, -0.05) is 11.8 Å². The highest BCUT2D eigenvalue weighted by Gasteiger charge is 2.05. The van der Waals surface area contributed by atoms with Gasteiger partial charge in [-0.05, 0) is 32.0 Å². The molecule has 0 aliphatic rings. The van der Waals surface area contributed by atoms with E-state index in [-0.39, 0.29) is 0 Å². The average Bonchev–Trinajstić information content (AvgIpc) is 2.65. The molecule has 0 spiro atoms. The van der Waals surface area contributed by atoms with E-state index in [2.05, 4.69) is 4.98 Å². The first-order chi connectivity index (χ1) is 7.66. The number of aryl methyl sites for hydroxylation is 1. The summed E-state index contributed by atoms with van der Waals surface area (Å²) < 4.78 is 5.22. The topological polar surface area (TPSA) is 46.3 Å². The SMILES string of the molecule is Cc1occc1Sc1ccc([C@@H](C)O)nc1. The van der Waals surface area contributed by atoms with E-state index in [1.807, 2.05) is 25.1 Å². The van der Waals surface area contributed by atoms with E-state index in [1.54, 1.807) is 31.1 Å². The lowest BCUT2D eigenvalue weighted by Gasteiger charge is -2.04. The Kier molecular flexibility index (Phi) is 3.31. The van der Waals surface area contributed by atoms with Gasteiger partial charge in [0, 0.05) is 11.1 Å². The van der Waals surface area contributed by atoms with Crippen LogP contribution >= 0.6 is 11.8 Å². The van der Waals surface area contributed by atoms with Crippen LogP contribution in [0.15, 0.2) is 44.9 Å². The van der Waals surface area contributed by atoms with Crippen LogP contribution in [-0.2, 0) is 0 Å². The third-order valence-electron chi connectivity index (χ3n) is 2.23. The third-order valence-corrected chi connectivity index (χ3v) is 3.35. The first-order valence-electron chi connectivity index (χ1n) is 5.03. The van der Waals surface area contributed by atoms with Crippen molar-refractivity contribution in [2.45, 2.75) is 29.7 Å². The summed E-state index contributed by atoms with van der Waals surface area (Å²) in [4.78, 5) is 6.31. The zero-order valence-corrected chi connectivity index (χ0v) is 9.99. The summed E-state index contributed by atoms with van der Waals surface area (Å²) in [6, 6.07) is 5.72. The van der Waals surface area contributed by atoms with Gasteiger partial charge in [-0.2, -0.15) is 0 Å². The number of aliphatic hydroxyl groups excluding tert-OH is 1. The van der Waals surface area contributed by atoms with Crippen molar-refractivity contribution in [3.8, 4) is 0 Å². The van der Waals surface area contributed by atoms with Crippen LogP contribution in [0.4, 0.5) is 0 Å². The van der Waals surface area contributed by atoms with E-state index >= 15 is 0 Å². The number of rotatable bonds is 3. The van der Waals surface area contributed by atoms with Crippen molar-refractivity contribution in [1.29, 1.82) is 0 Å². The molecule has 1 N–H and O–H groups in total. The van der Waals surface area contributed by atoms with E-state index in [0.29, 0.717) is 5.69 Å². The van der Waals surface area contributed by atoms with Gasteiger partial charge < -0.3 is 9.52 Å². The maximum Gasteiger partial charge on any atom is 0.114 e. The molecule has 2 aromatic heterocycles. The molecule has 84 valence electrons. The van der Waals surface area contributed by atoms with E-state index in [9.17, 15) is 5.11 Å². The molecule has 16 heavy (non-hydrogen) atoms. The maximum absolute atomic E-state index is 9.33. The van der Waals surface area contributed by atoms with E-state index in [4.69, 9.17) is 4.42 Å². The quantitative estimate of drug-likeness (QED) is 0.887. The average molecular weight is 235 g/mol. The Morgan fingerprint density at radius 3 is 2.69 bits per heavy atom. The third kappa shape index (κ3) is 2.46. The van der Waals surface area contributed by atoms with Crippen LogP contribution in [0.1, 0.15) is 24.5 Å². The van der Waals surface area contributed by atoms with Crippen molar-refractivity contribution in [2.24, 2.45) is 0 Å². The van der Waals surface area contributed by atoms with Gasteiger partial charge in [-0.15, -0.1) is 0 Å². The molecule has 0 aromatic carbocycles. The Balaban J connectivity index is 2.14. The molecular formula is C12H13NO2S. The summed E-state index contributed by atoms with van der Waals surface area (Å²) in [6.07, 6.45) is 2.92. The Morgan fingerprint density at radius 2 is 2.19 bits per heavy atom. The number of pyridine rings is 1. The molecule has 0 fully saturated rings. The number of nitrogens with zero attached hydrogens (tertiary/aromatic N) is 1. The molecule has 2 heterocycles. The number of furan rings is 1. The lowest BCUT2D eigenvalue weighted by atomic mass is 10.2. The van der Waals surface area contributed by atoms with Gasteiger partial charge in [-0.3, -0.25) is 4.98 Å². The second-order valence-electron chi connectivity index (χ2n) is 3.54. The van der Waals surface area contributed by atoms with Crippen LogP contribution in [0.3, 0.4) is 0 Å². The van der Waals surface area contributed by atoms with Crippen LogP contribution in [0.5, 0.6) is 0 Å². The van der Waals surface area contributed by atoms with Crippen LogP contribution in [0.25, 0.3) is 0 Å². The summed E-state index contributed by atoms with van der Waals surface area (Å²) in [7, 11) is 0. The van der Waals surface area contributed by atoms with Gasteiger partial charge in [-0.25, -0.2) is 0 Å². The number of hydrogen-bond acceptors (Lipinski definition) is 4. The van der Waals surface area contributed by atoms with Gasteiger partial charge >= 0.3 is 0 Å². The molecular weight excluding hydrogens is 222 g/mol. The van der Waals surface area contributed by atoms with Crippen molar-refractivity contribution in [3.63, 3.8) is 0 Å². The molecule has 0 bridgehead atoms. The summed E-state index contributed by atoms with van der Waals surface area (Å²) in [5.41, 5.74) is 0.688. The fourth-order valence-electron chi connectivity index (χ4n) is 1.31. The molecule has 1 atom stereocenters. The second-order valence-corrected chi connectivity index (χ2v) is 4.65. The maximum atomic E-state index is 9.33. The van der Waals surface area contributed by atoms with Crippen molar-refractivity contribution < 1.29 is 9.52 Å². The molecule has 4 heteroatoms. The normalized spacial score (nSPS) is 12.7. The molecule has 0 aliphatic carbocycles. The van der Waals surface area contributed by atoms with Gasteiger partial charge in [0.05, 0.1) is 23.0 Å². The summed E-state index contributed by atoms with van der Waals surface area (Å²) in [5, 5.41) is 9.33. The molecule has 0 saturated carbocycles. The Labute approximate surface area is 98.5 Å². The van der Waals surface area contributed by atoms with Crippen molar-refractivity contribution >= 4 is 11.8 Å². The smallest absolute Gasteiger partial charge is 0.114 e. The fraction of sp³-hybridized carbons (Fsp3) is 0.250. The predicted molar refractivity (Wildman–Crippen MR) is 62.4 cm³/mol. The molecule has 3 nitrogen and oxygen atoms in total. The first-order valence-corrected chi connectivity index (χ1v) is 5.84.